The number of hydrogen-bond donors (Lipinski definition) is 0. The first-order chi connectivity index (χ1) is 9.62. The molecule has 104 valence electrons. The number of halogens is 2. The van der Waals surface area contributed by atoms with Crippen LogP contribution in [0.1, 0.15) is 0 Å². The first-order valence-electron chi connectivity index (χ1n) is 5.60. The van der Waals surface area contributed by atoms with Gasteiger partial charge in [0.25, 0.3) is 0 Å². The molecule has 0 aliphatic carbocycles. The van der Waals surface area contributed by atoms with E-state index in [2.05, 4.69) is 4.98 Å². The van der Waals surface area contributed by atoms with Crippen molar-refractivity contribution in [1.82, 2.24) is 4.98 Å². The zero-order valence-electron chi connectivity index (χ0n) is 10.6. The van der Waals surface area contributed by atoms with Crippen LogP contribution in [-0.2, 0) is 0 Å². The Labute approximate surface area is 133 Å². The van der Waals surface area contributed by atoms with Crippen molar-refractivity contribution in [2.45, 2.75) is 0 Å². The van der Waals surface area contributed by atoms with Crippen LogP contribution < -0.4 is 9.47 Å². The highest BCUT2D eigenvalue weighted by Crippen LogP contribution is 2.43. The van der Waals surface area contributed by atoms with Gasteiger partial charge in [0.05, 0.1) is 28.8 Å². The minimum absolute atomic E-state index is 0.639. The predicted molar refractivity (Wildman–Crippen MR) is 86.1 cm³/mol. The highest BCUT2D eigenvalue weighted by molar-refractivity contribution is 7.23. The van der Waals surface area contributed by atoms with Crippen molar-refractivity contribution in [3.8, 4) is 22.1 Å². The molecule has 0 fully saturated rings. The van der Waals surface area contributed by atoms with E-state index in [1.165, 1.54) is 22.7 Å². The van der Waals surface area contributed by atoms with Crippen LogP contribution in [0.5, 0.6) is 11.5 Å². The van der Waals surface area contributed by atoms with Gasteiger partial charge in [0, 0.05) is 17.7 Å². The number of nitrogens with zero attached hydrogens (tertiary/aromatic N) is 1. The van der Waals surface area contributed by atoms with Crippen molar-refractivity contribution in [2.75, 3.05) is 14.2 Å². The smallest absolute Gasteiger partial charge is 0.142 e. The van der Waals surface area contributed by atoms with Gasteiger partial charge >= 0.3 is 0 Å². The first-order valence-corrected chi connectivity index (χ1v) is 7.99. The molecular formula is C13H9Cl2NO2S2. The number of hydrogen-bond acceptors (Lipinski definition) is 5. The molecule has 20 heavy (non-hydrogen) atoms. The Hall–Kier alpha value is -1.01. The summed E-state index contributed by atoms with van der Waals surface area (Å²) in [5.41, 5.74) is 1.67. The van der Waals surface area contributed by atoms with Crippen LogP contribution in [0.4, 0.5) is 0 Å². The topological polar surface area (TPSA) is 31.4 Å². The number of fused-ring (bicyclic) bond motifs is 1. The van der Waals surface area contributed by atoms with Gasteiger partial charge in [0.1, 0.15) is 20.8 Å². The number of thiophene rings is 1. The standard InChI is InChI=1S/C13H9Cl2NO2S2/c1-17-6-3-8-11(9(4-6)18-2)20-13(16-8)7-5-10(14)19-12(7)15/h3-5H,1-2H3. The molecule has 0 aliphatic heterocycles. The van der Waals surface area contributed by atoms with Gasteiger partial charge in [-0.05, 0) is 6.07 Å². The lowest BCUT2D eigenvalue weighted by atomic mass is 10.3. The van der Waals surface area contributed by atoms with Gasteiger partial charge in [-0.1, -0.05) is 23.2 Å². The van der Waals surface area contributed by atoms with Crippen molar-refractivity contribution in [2.24, 2.45) is 0 Å². The third-order valence-corrected chi connectivity index (χ3v) is 5.38. The van der Waals surface area contributed by atoms with E-state index in [0.717, 1.165) is 26.5 Å². The summed E-state index contributed by atoms with van der Waals surface area (Å²) < 4.78 is 12.9. The van der Waals surface area contributed by atoms with Gasteiger partial charge in [0.2, 0.25) is 0 Å². The molecule has 2 heterocycles. The maximum atomic E-state index is 6.18. The summed E-state index contributed by atoms with van der Waals surface area (Å²) in [5.74, 6) is 1.45. The minimum atomic E-state index is 0.639. The maximum Gasteiger partial charge on any atom is 0.142 e. The highest BCUT2D eigenvalue weighted by Gasteiger charge is 2.16. The number of aromatic nitrogens is 1. The second-order valence-corrected chi connectivity index (χ2v) is 7.22. The van der Waals surface area contributed by atoms with Crippen LogP contribution in [0.3, 0.4) is 0 Å². The normalized spacial score (nSPS) is 11.0. The Kier molecular flexibility index (Phi) is 3.77. The SMILES string of the molecule is COc1cc(OC)c2sc(-c3cc(Cl)sc3Cl)nc2c1. The van der Waals surface area contributed by atoms with Crippen molar-refractivity contribution in [3.05, 3.63) is 26.9 Å². The molecule has 0 radical (unpaired) electrons. The van der Waals surface area contributed by atoms with Gasteiger partial charge in [0.15, 0.2) is 0 Å². The third kappa shape index (κ3) is 2.35. The molecule has 0 saturated heterocycles. The van der Waals surface area contributed by atoms with Gasteiger partial charge in [-0.3, -0.25) is 0 Å². The van der Waals surface area contributed by atoms with Crippen LogP contribution >= 0.6 is 45.9 Å². The molecule has 0 bridgehead atoms. The molecule has 3 nitrogen and oxygen atoms in total. The van der Waals surface area contributed by atoms with Crippen molar-refractivity contribution < 1.29 is 9.47 Å². The van der Waals surface area contributed by atoms with E-state index in [1.807, 2.05) is 18.2 Å². The summed E-state index contributed by atoms with van der Waals surface area (Å²) >= 11 is 15.0. The molecule has 0 aliphatic rings. The van der Waals surface area contributed by atoms with Crippen LogP contribution in [0, 0.1) is 0 Å². The fraction of sp³-hybridized carbons (Fsp3) is 0.154. The molecule has 0 amide bonds. The molecule has 3 aromatic rings. The molecule has 0 unspecified atom stereocenters. The van der Waals surface area contributed by atoms with Gasteiger partial charge in [-0.2, -0.15) is 0 Å². The largest absolute Gasteiger partial charge is 0.497 e. The van der Waals surface area contributed by atoms with Gasteiger partial charge in [-0.25, -0.2) is 4.98 Å². The second-order valence-electron chi connectivity index (χ2n) is 3.93. The summed E-state index contributed by atoms with van der Waals surface area (Å²) in [6.07, 6.45) is 0. The van der Waals surface area contributed by atoms with Gasteiger partial charge in [-0.15, -0.1) is 22.7 Å². The lowest BCUT2D eigenvalue weighted by Crippen LogP contribution is -1.87. The predicted octanol–water partition coefficient (Wildman–Crippen LogP) is 5.35. The van der Waals surface area contributed by atoms with E-state index in [9.17, 15) is 0 Å². The Bertz CT molecular complexity index is 782. The summed E-state index contributed by atoms with van der Waals surface area (Å²) in [6.45, 7) is 0. The van der Waals surface area contributed by atoms with Crippen LogP contribution in [0.2, 0.25) is 8.67 Å². The Morgan fingerprint density at radius 2 is 1.85 bits per heavy atom. The molecule has 0 N–H and O–H groups in total. The average molecular weight is 346 g/mol. The lowest BCUT2D eigenvalue weighted by Gasteiger charge is -2.03. The fourth-order valence-corrected chi connectivity index (χ4v) is 4.50. The molecule has 3 rings (SSSR count). The van der Waals surface area contributed by atoms with Crippen LogP contribution in [-0.4, -0.2) is 19.2 Å². The number of methoxy groups -OCH3 is 2. The minimum Gasteiger partial charge on any atom is -0.497 e. The van der Waals surface area contributed by atoms with Gasteiger partial charge < -0.3 is 9.47 Å². The maximum absolute atomic E-state index is 6.18. The molecule has 1 aromatic carbocycles. The number of rotatable bonds is 3. The van der Waals surface area contributed by atoms with E-state index in [-0.39, 0.29) is 0 Å². The quantitative estimate of drug-likeness (QED) is 0.641. The molecule has 7 heteroatoms. The van der Waals surface area contributed by atoms with Crippen LogP contribution in [0.15, 0.2) is 18.2 Å². The van der Waals surface area contributed by atoms with E-state index < -0.39 is 0 Å². The number of thiazole rings is 1. The van der Waals surface area contributed by atoms with Crippen molar-refractivity contribution in [3.63, 3.8) is 0 Å². The highest BCUT2D eigenvalue weighted by atomic mass is 35.5. The number of benzene rings is 1. The van der Waals surface area contributed by atoms with E-state index in [0.29, 0.717) is 14.4 Å². The fourth-order valence-electron chi connectivity index (χ4n) is 1.85. The van der Waals surface area contributed by atoms with E-state index >= 15 is 0 Å². The molecule has 0 saturated carbocycles. The molecule has 0 spiro atoms. The van der Waals surface area contributed by atoms with Crippen LogP contribution in [0.25, 0.3) is 20.8 Å². The first kappa shape index (κ1) is 13.9. The lowest BCUT2D eigenvalue weighted by molar-refractivity contribution is 0.398. The summed E-state index contributed by atoms with van der Waals surface area (Å²) in [6, 6.07) is 5.54. The third-order valence-electron chi connectivity index (χ3n) is 2.77. The molecule has 0 atom stereocenters. The van der Waals surface area contributed by atoms with Crippen molar-refractivity contribution in [1.29, 1.82) is 0 Å². The summed E-state index contributed by atoms with van der Waals surface area (Å²) in [4.78, 5) is 4.60. The number of ether oxygens (including phenoxy) is 2. The summed E-state index contributed by atoms with van der Waals surface area (Å²) in [7, 11) is 3.24. The average Bonchev–Trinajstić information content (AvgIpc) is 2.99. The Morgan fingerprint density at radius 1 is 1.05 bits per heavy atom. The Morgan fingerprint density at radius 3 is 2.45 bits per heavy atom. The summed E-state index contributed by atoms with van der Waals surface area (Å²) in [5, 5.41) is 0.819. The zero-order chi connectivity index (χ0) is 14.3. The Balaban J connectivity index is 2.22. The molecular weight excluding hydrogens is 337 g/mol. The monoisotopic (exact) mass is 345 g/mol. The molecule has 2 aromatic heterocycles. The van der Waals surface area contributed by atoms with E-state index in [4.69, 9.17) is 32.7 Å². The zero-order valence-corrected chi connectivity index (χ0v) is 13.7. The van der Waals surface area contributed by atoms with Crippen molar-refractivity contribution >= 4 is 56.1 Å². The second kappa shape index (κ2) is 5.41. The van der Waals surface area contributed by atoms with E-state index in [1.54, 1.807) is 14.2 Å².